The van der Waals surface area contributed by atoms with Gasteiger partial charge in [-0.25, -0.2) is 8.42 Å². The van der Waals surface area contributed by atoms with E-state index in [-0.39, 0.29) is 34.7 Å². The van der Waals surface area contributed by atoms with Crippen molar-refractivity contribution in [1.29, 1.82) is 0 Å². The molecule has 25 heavy (non-hydrogen) atoms. The average Bonchev–Trinajstić information content (AvgIpc) is 3.00. The van der Waals surface area contributed by atoms with Crippen molar-refractivity contribution in [2.24, 2.45) is 0 Å². The number of hydrogen-bond acceptors (Lipinski definition) is 6. The number of likely N-dealkylation sites (tertiary alicyclic amines) is 1. The van der Waals surface area contributed by atoms with Gasteiger partial charge in [-0.2, -0.15) is 4.72 Å². The van der Waals surface area contributed by atoms with Crippen LogP contribution in [0.1, 0.15) is 37.6 Å². The van der Waals surface area contributed by atoms with E-state index in [0.717, 1.165) is 19.3 Å². The third-order valence-electron chi connectivity index (χ3n) is 4.77. The van der Waals surface area contributed by atoms with E-state index in [1.807, 2.05) is 0 Å². The Balaban J connectivity index is 0.00000225. The largest absolute Gasteiger partial charge is 0.360 e. The molecule has 2 fully saturated rings. The predicted octanol–water partition coefficient (Wildman–Crippen LogP) is 0.733. The summed E-state index contributed by atoms with van der Waals surface area (Å²) in [4.78, 5) is 14.5. The van der Waals surface area contributed by atoms with Gasteiger partial charge in [0, 0.05) is 25.2 Å². The fourth-order valence-corrected chi connectivity index (χ4v) is 5.14. The van der Waals surface area contributed by atoms with Crippen LogP contribution in [0.3, 0.4) is 0 Å². The number of aryl methyl sites for hydroxylation is 2. The molecule has 3 unspecified atom stereocenters. The van der Waals surface area contributed by atoms with Crippen LogP contribution in [0.4, 0.5) is 0 Å². The fraction of sp³-hybridized carbons (Fsp3) is 0.733. The van der Waals surface area contributed by atoms with Gasteiger partial charge in [0.2, 0.25) is 15.9 Å². The summed E-state index contributed by atoms with van der Waals surface area (Å²) >= 11 is 0. The van der Waals surface area contributed by atoms with E-state index in [4.69, 9.17) is 4.52 Å². The van der Waals surface area contributed by atoms with Gasteiger partial charge in [0.1, 0.15) is 10.6 Å². The maximum Gasteiger partial charge on any atom is 0.246 e. The highest BCUT2D eigenvalue weighted by Gasteiger charge is 2.34. The van der Waals surface area contributed by atoms with Crippen molar-refractivity contribution >= 4 is 28.3 Å². The third kappa shape index (κ3) is 4.16. The van der Waals surface area contributed by atoms with E-state index in [1.165, 1.54) is 6.92 Å². The summed E-state index contributed by atoms with van der Waals surface area (Å²) in [5.74, 6) is 0.0237. The minimum Gasteiger partial charge on any atom is -0.360 e. The van der Waals surface area contributed by atoms with E-state index in [1.54, 1.807) is 18.7 Å². The van der Waals surface area contributed by atoms with Gasteiger partial charge in [-0.15, -0.1) is 12.4 Å². The van der Waals surface area contributed by atoms with E-state index >= 15 is 0 Å². The second kappa shape index (κ2) is 7.61. The summed E-state index contributed by atoms with van der Waals surface area (Å²) in [5.41, 5.74) is 0.288. The van der Waals surface area contributed by atoms with Crippen LogP contribution < -0.4 is 10.0 Å². The number of aromatic nitrogens is 1. The van der Waals surface area contributed by atoms with Crippen molar-refractivity contribution in [2.75, 3.05) is 13.1 Å². The van der Waals surface area contributed by atoms with Crippen LogP contribution in [0.25, 0.3) is 0 Å². The van der Waals surface area contributed by atoms with Crippen LogP contribution >= 0.6 is 12.4 Å². The molecule has 2 aliphatic rings. The van der Waals surface area contributed by atoms with Crippen molar-refractivity contribution in [3.05, 3.63) is 11.5 Å². The molecule has 142 valence electrons. The molecule has 0 spiro atoms. The topological polar surface area (TPSA) is 105 Å². The van der Waals surface area contributed by atoms with Crippen molar-refractivity contribution < 1.29 is 17.7 Å². The highest BCUT2D eigenvalue weighted by Crippen LogP contribution is 2.22. The van der Waals surface area contributed by atoms with E-state index < -0.39 is 16.1 Å². The Labute approximate surface area is 154 Å². The van der Waals surface area contributed by atoms with E-state index in [9.17, 15) is 13.2 Å². The molecule has 1 aromatic heterocycles. The van der Waals surface area contributed by atoms with Crippen LogP contribution in [0.2, 0.25) is 0 Å². The number of sulfonamides is 1. The third-order valence-corrected chi connectivity index (χ3v) is 6.56. The zero-order valence-electron chi connectivity index (χ0n) is 14.6. The molecule has 0 saturated carbocycles. The predicted molar refractivity (Wildman–Crippen MR) is 94.2 cm³/mol. The number of amides is 1. The maximum atomic E-state index is 12.7. The number of carbonyl (C=O) groups is 1. The summed E-state index contributed by atoms with van der Waals surface area (Å²) in [7, 11) is -3.85. The van der Waals surface area contributed by atoms with Gasteiger partial charge in [0.05, 0.1) is 6.04 Å². The minimum atomic E-state index is -3.85. The van der Waals surface area contributed by atoms with Crippen molar-refractivity contribution in [3.63, 3.8) is 0 Å². The van der Waals surface area contributed by atoms with Gasteiger partial charge in [-0.1, -0.05) is 5.16 Å². The summed E-state index contributed by atoms with van der Waals surface area (Å²) in [6, 6.07) is -0.0461. The zero-order chi connectivity index (χ0) is 17.5. The quantitative estimate of drug-likeness (QED) is 0.782. The maximum absolute atomic E-state index is 12.7. The smallest absolute Gasteiger partial charge is 0.246 e. The Hall–Kier alpha value is -1.16. The lowest BCUT2D eigenvalue weighted by Crippen LogP contribution is -2.49. The second-order valence-corrected chi connectivity index (χ2v) is 8.36. The Morgan fingerprint density at radius 1 is 1.32 bits per heavy atom. The summed E-state index contributed by atoms with van der Waals surface area (Å²) in [6.45, 7) is 5.97. The lowest BCUT2D eigenvalue weighted by molar-refractivity contribution is -0.132. The number of hydrogen-bond donors (Lipinski definition) is 2. The molecule has 2 aliphatic heterocycles. The first-order valence-corrected chi connectivity index (χ1v) is 9.76. The summed E-state index contributed by atoms with van der Waals surface area (Å²) in [5, 5.41) is 7.17. The summed E-state index contributed by atoms with van der Waals surface area (Å²) < 4.78 is 32.4. The van der Waals surface area contributed by atoms with Crippen molar-refractivity contribution in [1.82, 2.24) is 20.1 Å². The Morgan fingerprint density at radius 3 is 2.64 bits per heavy atom. The fourth-order valence-electron chi connectivity index (χ4n) is 3.62. The lowest BCUT2D eigenvalue weighted by atomic mass is 10.1. The Morgan fingerprint density at radius 2 is 2.00 bits per heavy atom. The molecule has 0 aliphatic carbocycles. The molecule has 2 bridgehead atoms. The van der Waals surface area contributed by atoms with E-state index in [2.05, 4.69) is 15.2 Å². The van der Waals surface area contributed by atoms with Crippen molar-refractivity contribution in [2.45, 2.75) is 63.1 Å². The normalized spacial score (nSPS) is 24.5. The molecule has 1 aromatic rings. The van der Waals surface area contributed by atoms with Gasteiger partial charge in [-0.3, -0.25) is 4.79 Å². The molecule has 10 heteroatoms. The molecule has 0 radical (unpaired) electrons. The number of carbonyl (C=O) groups excluding carboxylic acids is 1. The molecule has 3 heterocycles. The van der Waals surface area contributed by atoms with Crippen LogP contribution in [-0.2, 0) is 14.8 Å². The molecule has 2 N–H and O–H groups in total. The number of nitrogens with one attached hydrogen (secondary N) is 2. The van der Waals surface area contributed by atoms with Gasteiger partial charge in [-0.05, 0) is 40.0 Å². The molecule has 8 nitrogen and oxygen atoms in total. The monoisotopic (exact) mass is 392 g/mol. The van der Waals surface area contributed by atoms with Crippen molar-refractivity contribution in [3.8, 4) is 0 Å². The molecule has 1 amide bonds. The van der Waals surface area contributed by atoms with Gasteiger partial charge >= 0.3 is 0 Å². The van der Waals surface area contributed by atoms with Gasteiger partial charge in [0.25, 0.3) is 0 Å². The average molecular weight is 393 g/mol. The standard InChI is InChI=1S/C15H24N4O4S.ClH/c1-9-14(11(3)23-17-9)24(21,22)18-10(2)15(20)19-7-6-12-4-5-13(8-19)16-12;/h10,12-13,16,18H,4-8H2,1-3H3;1H. The SMILES string of the molecule is Cc1noc(C)c1S(=O)(=O)NC(C)C(=O)N1CCC2CCC(C1)N2.Cl. The molecular weight excluding hydrogens is 368 g/mol. The summed E-state index contributed by atoms with van der Waals surface area (Å²) in [6.07, 6.45) is 3.13. The van der Waals surface area contributed by atoms with E-state index in [0.29, 0.717) is 25.2 Å². The van der Waals surface area contributed by atoms with Gasteiger partial charge in [0.15, 0.2) is 5.76 Å². The van der Waals surface area contributed by atoms with Crippen LogP contribution in [0.15, 0.2) is 9.42 Å². The van der Waals surface area contributed by atoms with Crippen LogP contribution in [0.5, 0.6) is 0 Å². The Kier molecular flexibility index (Phi) is 6.13. The number of nitrogens with zero attached hydrogens (tertiary/aromatic N) is 2. The highest BCUT2D eigenvalue weighted by molar-refractivity contribution is 7.89. The molecule has 3 rings (SSSR count). The number of halogens is 1. The van der Waals surface area contributed by atoms with Crippen LogP contribution in [-0.4, -0.2) is 55.6 Å². The zero-order valence-corrected chi connectivity index (χ0v) is 16.2. The minimum absolute atomic E-state index is 0. The first kappa shape index (κ1) is 20.2. The highest BCUT2D eigenvalue weighted by atomic mass is 35.5. The van der Waals surface area contributed by atoms with Crippen LogP contribution in [0, 0.1) is 13.8 Å². The molecule has 2 saturated heterocycles. The first-order chi connectivity index (χ1) is 11.3. The molecule has 3 atom stereocenters. The molecular formula is C15H25ClN4O4S. The van der Waals surface area contributed by atoms with Gasteiger partial charge < -0.3 is 14.7 Å². The Bertz CT molecular complexity index is 716. The first-order valence-electron chi connectivity index (χ1n) is 8.28. The molecule has 0 aromatic carbocycles. The number of rotatable bonds is 4. The second-order valence-electron chi connectivity index (χ2n) is 6.71. The lowest BCUT2D eigenvalue weighted by Gasteiger charge is -2.27. The number of fused-ring (bicyclic) bond motifs is 2.